The van der Waals surface area contributed by atoms with E-state index in [9.17, 15) is 9.59 Å². The Labute approximate surface area is 161 Å². The molecule has 2 saturated heterocycles. The van der Waals surface area contributed by atoms with Crippen LogP contribution in [0.2, 0.25) is 0 Å². The van der Waals surface area contributed by atoms with E-state index in [1.165, 1.54) is 0 Å². The highest BCUT2D eigenvalue weighted by molar-refractivity contribution is 5.78. The third-order valence-electron chi connectivity index (χ3n) is 6.10. The highest BCUT2D eigenvalue weighted by Gasteiger charge is 2.42. The number of ether oxygens (including phenoxy) is 1. The Morgan fingerprint density at radius 3 is 2.81 bits per heavy atom. The molecule has 1 atom stereocenters. The van der Waals surface area contributed by atoms with Crippen molar-refractivity contribution in [2.75, 3.05) is 39.9 Å². The van der Waals surface area contributed by atoms with Crippen molar-refractivity contribution in [3.63, 3.8) is 0 Å². The van der Waals surface area contributed by atoms with Gasteiger partial charge in [-0.1, -0.05) is 5.16 Å². The molecule has 150 valence electrons. The number of aryl methyl sites for hydroxylation is 2. The maximum atomic E-state index is 12.8. The zero-order valence-corrected chi connectivity index (χ0v) is 16.8. The van der Waals surface area contributed by atoms with Crippen molar-refractivity contribution in [2.24, 2.45) is 5.41 Å². The third kappa shape index (κ3) is 4.51. The molecule has 0 aromatic carbocycles. The summed E-state index contributed by atoms with van der Waals surface area (Å²) in [5, 5.41) is 3.97. The normalized spacial score (nSPS) is 23.3. The van der Waals surface area contributed by atoms with Crippen molar-refractivity contribution in [1.82, 2.24) is 15.0 Å². The molecule has 2 aliphatic rings. The van der Waals surface area contributed by atoms with Crippen LogP contribution in [0.1, 0.15) is 49.1 Å². The van der Waals surface area contributed by atoms with Crippen LogP contribution in [-0.4, -0.2) is 66.7 Å². The molecule has 7 heteroatoms. The van der Waals surface area contributed by atoms with Gasteiger partial charge in [0.25, 0.3) is 0 Å². The molecule has 1 spiro atoms. The van der Waals surface area contributed by atoms with Crippen molar-refractivity contribution in [2.45, 2.75) is 52.4 Å². The standard InChI is InChI=1S/C20H31N3O4/c1-15-17(16(2)27-21-15)5-6-18(24)22-10-4-8-20(13-22)9-7-19(25)23(14-20)11-12-26-3/h4-14H2,1-3H3/t20-/m1/s1. The van der Waals surface area contributed by atoms with Gasteiger partial charge in [-0.05, 0) is 39.5 Å². The number of nitrogens with zero attached hydrogens (tertiary/aromatic N) is 3. The Bertz CT molecular complexity index is 667. The van der Waals surface area contributed by atoms with Crippen LogP contribution in [0.3, 0.4) is 0 Å². The second kappa shape index (κ2) is 8.42. The van der Waals surface area contributed by atoms with Gasteiger partial charge in [0, 0.05) is 57.1 Å². The maximum Gasteiger partial charge on any atom is 0.222 e. The van der Waals surface area contributed by atoms with Gasteiger partial charge in [-0.25, -0.2) is 0 Å². The number of carbonyl (C=O) groups excluding carboxylic acids is 2. The summed E-state index contributed by atoms with van der Waals surface area (Å²) in [6.07, 6.45) is 4.68. The first-order valence-corrected chi connectivity index (χ1v) is 9.90. The topological polar surface area (TPSA) is 75.9 Å². The SMILES string of the molecule is COCCN1C[C@]2(CCCN(C(=O)CCc3c(C)noc3C)C2)CCC1=O. The summed E-state index contributed by atoms with van der Waals surface area (Å²) in [5.41, 5.74) is 1.96. The van der Waals surface area contributed by atoms with Crippen molar-refractivity contribution < 1.29 is 18.8 Å². The molecule has 2 amide bonds. The molecule has 1 aromatic heterocycles. The molecule has 2 aliphatic heterocycles. The maximum absolute atomic E-state index is 12.8. The smallest absolute Gasteiger partial charge is 0.222 e. The number of aromatic nitrogens is 1. The molecule has 0 radical (unpaired) electrons. The molecule has 2 fully saturated rings. The molecule has 7 nitrogen and oxygen atoms in total. The number of piperidine rings is 2. The highest BCUT2D eigenvalue weighted by atomic mass is 16.5. The van der Waals surface area contributed by atoms with Crippen molar-refractivity contribution >= 4 is 11.8 Å². The molecular weight excluding hydrogens is 346 g/mol. The van der Waals surface area contributed by atoms with E-state index >= 15 is 0 Å². The van der Waals surface area contributed by atoms with Gasteiger partial charge in [0.2, 0.25) is 11.8 Å². The van der Waals surface area contributed by atoms with Crippen LogP contribution in [0, 0.1) is 19.3 Å². The number of hydrogen-bond acceptors (Lipinski definition) is 5. The van der Waals surface area contributed by atoms with Gasteiger partial charge in [-0.3, -0.25) is 9.59 Å². The van der Waals surface area contributed by atoms with E-state index in [1.807, 2.05) is 23.6 Å². The number of rotatable bonds is 6. The van der Waals surface area contributed by atoms with Gasteiger partial charge in [0.05, 0.1) is 12.3 Å². The fraction of sp³-hybridized carbons (Fsp3) is 0.750. The quantitative estimate of drug-likeness (QED) is 0.759. The molecule has 0 saturated carbocycles. The summed E-state index contributed by atoms with van der Waals surface area (Å²) in [6.45, 7) is 7.31. The van der Waals surface area contributed by atoms with Gasteiger partial charge in [-0.15, -0.1) is 0 Å². The van der Waals surface area contributed by atoms with E-state index in [-0.39, 0.29) is 17.2 Å². The predicted octanol–water partition coefficient (Wildman–Crippen LogP) is 2.10. The Morgan fingerprint density at radius 2 is 2.11 bits per heavy atom. The lowest BCUT2D eigenvalue weighted by Gasteiger charge is -2.48. The molecule has 0 aliphatic carbocycles. The Kier molecular flexibility index (Phi) is 6.19. The van der Waals surface area contributed by atoms with Crippen LogP contribution in [0.5, 0.6) is 0 Å². The number of likely N-dealkylation sites (tertiary alicyclic amines) is 2. The van der Waals surface area contributed by atoms with E-state index in [2.05, 4.69) is 5.16 Å². The lowest BCUT2D eigenvalue weighted by atomic mass is 9.73. The number of hydrogen-bond donors (Lipinski definition) is 0. The minimum atomic E-state index is 0.0403. The van der Waals surface area contributed by atoms with Gasteiger partial charge >= 0.3 is 0 Å². The van der Waals surface area contributed by atoms with Crippen LogP contribution < -0.4 is 0 Å². The second-order valence-corrected chi connectivity index (χ2v) is 8.03. The Morgan fingerprint density at radius 1 is 1.30 bits per heavy atom. The van der Waals surface area contributed by atoms with Crippen molar-refractivity contribution in [1.29, 1.82) is 0 Å². The van der Waals surface area contributed by atoms with Gasteiger partial charge in [0.1, 0.15) is 5.76 Å². The van der Waals surface area contributed by atoms with Crippen LogP contribution in [0.25, 0.3) is 0 Å². The summed E-state index contributed by atoms with van der Waals surface area (Å²) < 4.78 is 10.3. The van der Waals surface area contributed by atoms with Crippen LogP contribution in [0.4, 0.5) is 0 Å². The predicted molar refractivity (Wildman–Crippen MR) is 100 cm³/mol. The lowest BCUT2D eigenvalue weighted by Crippen LogP contribution is -2.55. The summed E-state index contributed by atoms with van der Waals surface area (Å²) in [5.74, 6) is 1.20. The van der Waals surface area contributed by atoms with E-state index < -0.39 is 0 Å². The monoisotopic (exact) mass is 377 g/mol. The van der Waals surface area contributed by atoms with E-state index in [0.29, 0.717) is 32.4 Å². The fourth-order valence-corrected chi connectivity index (χ4v) is 4.51. The first kappa shape index (κ1) is 19.9. The van der Waals surface area contributed by atoms with E-state index in [1.54, 1.807) is 7.11 Å². The molecule has 1 aromatic rings. The largest absolute Gasteiger partial charge is 0.383 e. The average Bonchev–Trinajstić information content (AvgIpc) is 2.98. The minimum Gasteiger partial charge on any atom is -0.383 e. The zero-order chi connectivity index (χ0) is 19.4. The first-order valence-electron chi connectivity index (χ1n) is 9.90. The summed E-state index contributed by atoms with van der Waals surface area (Å²) in [6, 6.07) is 0. The first-order chi connectivity index (χ1) is 12.9. The van der Waals surface area contributed by atoms with Crippen molar-refractivity contribution in [3.8, 4) is 0 Å². The molecule has 3 heterocycles. The Balaban J connectivity index is 1.59. The molecule has 0 unspecified atom stereocenters. The fourth-order valence-electron chi connectivity index (χ4n) is 4.51. The number of amides is 2. The van der Waals surface area contributed by atoms with Crippen molar-refractivity contribution in [3.05, 3.63) is 17.0 Å². The summed E-state index contributed by atoms with van der Waals surface area (Å²) >= 11 is 0. The van der Waals surface area contributed by atoms with Gasteiger partial charge in [-0.2, -0.15) is 0 Å². The summed E-state index contributed by atoms with van der Waals surface area (Å²) in [4.78, 5) is 29.0. The molecular formula is C20H31N3O4. The number of methoxy groups -OCH3 is 1. The molecule has 27 heavy (non-hydrogen) atoms. The average molecular weight is 377 g/mol. The van der Waals surface area contributed by atoms with E-state index in [0.717, 1.165) is 55.9 Å². The molecule has 0 bridgehead atoms. The van der Waals surface area contributed by atoms with Gasteiger partial charge < -0.3 is 19.1 Å². The highest BCUT2D eigenvalue weighted by Crippen LogP contribution is 2.39. The molecule has 0 N–H and O–H groups in total. The van der Waals surface area contributed by atoms with Gasteiger partial charge in [0.15, 0.2) is 0 Å². The lowest BCUT2D eigenvalue weighted by molar-refractivity contribution is -0.143. The Hall–Kier alpha value is -1.89. The third-order valence-corrected chi connectivity index (χ3v) is 6.10. The minimum absolute atomic E-state index is 0.0403. The number of carbonyl (C=O) groups is 2. The zero-order valence-electron chi connectivity index (χ0n) is 16.8. The van der Waals surface area contributed by atoms with E-state index in [4.69, 9.17) is 9.26 Å². The van der Waals surface area contributed by atoms with Crippen LogP contribution in [0.15, 0.2) is 4.52 Å². The van der Waals surface area contributed by atoms with Crippen LogP contribution >= 0.6 is 0 Å². The molecule has 3 rings (SSSR count). The van der Waals surface area contributed by atoms with Crippen LogP contribution in [-0.2, 0) is 20.7 Å². The summed E-state index contributed by atoms with van der Waals surface area (Å²) in [7, 11) is 1.66. The second-order valence-electron chi connectivity index (χ2n) is 8.03.